The smallest absolute Gasteiger partial charge is 0.255 e. The van der Waals surface area contributed by atoms with E-state index in [1.165, 1.54) is 0 Å². The second-order valence-corrected chi connectivity index (χ2v) is 5.19. The van der Waals surface area contributed by atoms with Gasteiger partial charge in [-0.25, -0.2) is 0 Å². The summed E-state index contributed by atoms with van der Waals surface area (Å²) in [4.78, 5) is 13.0. The molecule has 0 aliphatic heterocycles. The number of nitrogens with one attached hydrogen (secondary N) is 1. The van der Waals surface area contributed by atoms with Crippen molar-refractivity contribution in [2.24, 2.45) is 0 Å². The van der Waals surface area contributed by atoms with Gasteiger partial charge in [0.2, 0.25) is 0 Å². The molecule has 0 radical (unpaired) electrons. The van der Waals surface area contributed by atoms with Crippen molar-refractivity contribution in [2.75, 3.05) is 5.32 Å². The molecule has 21 heavy (non-hydrogen) atoms. The number of carbonyl (C=O) groups excluding carboxylic acids is 1. The Morgan fingerprint density at radius 2 is 1.52 bits per heavy atom. The number of benzene rings is 3. The summed E-state index contributed by atoms with van der Waals surface area (Å²) in [5.74, 6) is -0.148. The molecule has 1 amide bonds. The Morgan fingerprint density at radius 3 is 2.24 bits per heavy atom. The van der Waals surface area contributed by atoms with E-state index in [0.29, 0.717) is 17.6 Å². The van der Waals surface area contributed by atoms with Crippen LogP contribution in [-0.4, -0.2) is 10.5 Å². The molecule has 3 nitrogen and oxygen atoms in total. The van der Waals surface area contributed by atoms with Gasteiger partial charge in [-0.2, -0.15) is 0 Å². The highest BCUT2D eigenvalue weighted by molar-refractivity contribution is 7.94. The van der Waals surface area contributed by atoms with Crippen molar-refractivity contribution in [1.29, 1.82) is 0 Å². The minimum absolute atomic E-state index is 0.148. The first-order chi connectivity index (χ1) is 10.3. The van der Waals surface area contributed by atoms with Crippen molar-refractivity contribution in [3.63, 3.8) is 0 Å². The van der Waals surface area contributed by atoms with Gasteiger partial charge in [-0.3, -0.25) is 4.79 Å². The summed E-state index contributed by atoms with van der Waals surface area (Å²) in [5.41, 5.74) is 1.35. The van der Waals surface area contributed by atoms with Crippen molar-refractivity contribution in [3.05, 3.63) is 72.3 Å². The molecule has 2 N–H and O–H groups in total. The van der Waals surface area contributed by atoms with Gasteiger partial charge < -0.3 is 9.87 Å². The number of hydrogen-bond acceptors (Lipinski definition) is 3. The third kappa shape index (κ3) is 2.77. The fourth-order valence-electron chi connectivity index (χ4n) is 2.24. The van der Waals surface area contributed by atoms with Crippen LogP contribution in [0.15, 0.2) is 71.6 Å². The third-order valence-electron chi connectivity index (χ3n) is 3.27. The molecule has 3 aromatic rings. The first-order valence-corrected chi connectivity index (χ1v) is 7.26. The molecule has 0 spiro atoms. The predicted octanol–water partition coefficient (Wildman–Crippen LogP) is 4.66. The Bertz CT molecular complexity index is 787. The van der Waals surface area contributed by atoms with Gasteiger partial charge in [0.05, 0.1) is 0 Å². The van der Waals surface area contributed by atoms with E-state index in [2.05, 4.69) is 5.32 Å². The molecular formula is C17H13NO2S. The van der Waals surface area contributed by atoms with Crippen molar-refractivity contribution in [2.45, 2.75) is 4.90 Å². The lowest BCUT2D eigenvalue weighted by atomic mass is 10.1. The van der Waals surface area contributed by atoms with Gasteiger partial charge in [0.25, 0.3) is 5.91 Å². The Labute approximate surface area is 126 Å². The van der Waals surface area contributed by atoms with Crippen molar-refractivity contribution in [3.8, 4) is 0 Å². The molecule has 0 heterocycles. The van der Waals surface area contributed by atoms with E-state index in [0.717, 1.165) is 21.4 Å². The van der Waals surface area contributed by atoms with E-state index in [-0.39, 0.29) is 5.91 Å². The van der Waals surface area contributed by atoms with Crippen LogP contribution in [0.4, 0.5) is 5.69 Å². The van der Waals surface area contributed by atoms with Crippen LogP contribution in [0.1, 0.15) is 10.4 Å². The number of hydrogen-bond donors (Lipinski definition) is 2. The molecule has 0 aliphatic carbocycles. The number of rotatable bonds is 3. The van der Waals surface area contributed by atoms with E-state index in [1.54, 1.807) is 18.2 Å². The van der Waals surface area contributed by atoms with Gasteiger partial charge in [-0.15, -0.1) is 0 Å². The monoisotopic (exact) mass is 295 g/mol. The zero-order valence-corrected chi connectivity index (χ0v) is 11.9. The van der Waals surface area contributed by atoms with E-state index >= 15 is 0 Å². The summed E-state index contributed by atoms with van der Waals surface area (Å²) >= 11 is 0.710. The fraction of sp³-hybridized carbons (Fsp3) is 0. The third-order valence-corrected chi connectivity index (χ3v) is 3.82. The van der Waals surface area contributed by atoms with Crippen molar-refractivity contribution in [1.82, 2.24) is 0 Å². The van der Waals surface area contributed by atoms with Gasteiger partial charge in [-0.1, -0.05) is 42.5 Å². The maximum Gasteiger partial charge on any atom is 0.255 e. The van der Waals surface area contributed by atoms with Crippen LogP contribution in [0.2, 0.25) is 0 Å². The number of amides is 1. The molecular weight excluding hydrogens is 282 g/mol. The van der Waals surface area contributed by atoms with Gasteiger partial charge in [-0.05, 0) is 29.7 Å². The molecule has 0 unspecified atom stereocenters. The van der Waals surface area contributed by atoms with Crippen LogP contribution in [-0.2, 0) is 0 Å². The summed E-state index contributed by atoms with van der Waals surface area (Å²) in [6.07, 6.45) is 0. The van der Waals surface area contributed by atoms with Crippen LogP contribution < -0.4 is 5.32 Å². The minimum Gasteiger partial charge on any atom is -0.325 e. The zero-order valence-electron chi connectivity index (χ0n) is 11.1. The summed E-state index contributed by atoms with van der Waals surface area (Å²) < 4.78 is 9.32. The molecule has 0 saturated heterocycles. The van der Waals surface area contributed by atoms with Gasteiger partial charge in [0.1, 0.15) is 0 Å². The van der Waals surface area contributed by atoms with Crippen LogP contribution in [0.3, 0.4) is 0 Å². The molecule has 0 fully saturated rings. The largest absolute Gasteiger partial charge is 0.325 e. The average molecular weight is 295 g/mol. The Balaban J connectivity index is 2.00. The first-order valence-electron chi connectivity index (χ1n) is 6.49. The number of fused-ring (bicyclic) bond motifs is 1. The molecule has 0 aliphatic rings. The second kappa shape index (κ2) is 5.99. The highest BCUT2D eigenvalue weighted by Crippen LogP contribution is 2.31. The van der Waals surface area contributed by atoms with Crippen molar-refractivity contribution < 1.29 is 9.35 Å². The van der Waals surface area contributed by atoms with E-state index in [1.807, 2.05) is 48.5 Å². The lowest BCUT2D eigenvalue weighted by molar-refractivity contribution is 0.102. The standard InChI is InChI=1S/C17H13NO2S/c19-17(12-6-2-1-3-7-12)18-15-10-11-16(21-20)14-9-5-4-8-13(14)15/h1-11,20H,(H,18,19). The average Bonchev–Trinajstić information content (AvgIpc) is 2.56. The summed E-state index contributed by atoms with van der Waals surface area (Å²) in [5, 5.41) is 4.74. The van der Waals surface area contributed by atoms with Crippen LogP contribution in [0.25, 0.3) is 10.8 Å². The van der Waals surface area contributed by atoms with E-state index in [4.69, 9.17) is 0 Å². The Kier molecular flexibility index (Phi) is 3.90. The molecule has 0 bridgehead atoms. The number of carbonyl (C=O) groups is 1. The Morgan fingerprint density at radius 1 is 0.857 bits per heavy atom. The summed E-state index contributed by atoms with van der Waals surface area (Å²) in [7, 11) is 0. The predicted molar refractivity (Wildman–Crippen MR) is 86.8 cm³/mol. The second-order valence-electron chi connectivity index (χ2n) is 4.57. The molecule has 4 heteroatoms. The lowest BCUT2D eigenvalue weighted by Gasteiger charge is -2.10. The zero-order chi connectivity index (χ0) is 14.7. The topological polar surface area (TPSA) is 49.3 Å². The number of anilines is 1. The van der Waals surface area contributed by atoms with Gasteiger partial charge in [0, 0.05) is 33.6 Å². The molecule has 0 saturated carbocycles. The quantitative estimate of drug-likeness (QED) is 0.691. The fourth-order valence-corrected chi connectivity index (χ4v) is 2.65. The SMILES string of the molecule is O=C(Nc1ccc(SO)c2ccccc12)c1ccccc1. The van der Waals surface area contributed by atoms with Crippen molar-refractivity contribution >= 4 is 34.4 Å². The molecule has 3 aromatic carbocycles. The molecule has 0 aromatic heterocycles. The lowest BCUT2D eigenvalue weighted by Crippen LogP contribution is -2.11. The summed E-state index contributed by atoms with van der Waals surface area (Å²) in [6.45, 7) is 0. The maximum absolute atomic E-state index is 12.2. The van der Waals surface area contributed by atoms with Crippen LogP contribution in [0, 0.1) is 0 Å². The van der Waals surface area contributed by atoms with E-state index < -0.39 is 0 Å². The van der Waals surface area contributed by atoms with E-state index in [9.17, 15) is 9.35 Å². The van der Waals surface area contributed by atoms with Crippen LogP contribution in [0.5, 0.6) is 0 Å². The highest BCUT2D eigenvalue weighted by Gasteiger charge is 2.10. The maximum atomic E-state index is 12.2. The van der Waals surface area contributed by atoms with Gasteiger partial charge in [0.15, 0.2) is 0 Å². The normalized spacial score (nSPS) is 10.5. The Hall–Kier alpha value is -2.30. The minimum atomic E-state index is -0.148. The molecule has 3 rings (SSSR count). The molecule has 0 atom stereocenters. The summed E-state index contributed by atoms with van der Waals surface area (Å²) in [6, 6.07) is 20.4. The highest BCUT2D eigenvalue weighted by atomic mass is 32.2. The van der Waals surface area contributed by atoms with Crippen LogP contribution >= 0.6 is 12.0 Å². The molecule has 104 valence electrons. The first kappa shape index (κ1) is 13.7. The van der Waals surface area contributed by atoms with Gasteiger partial charge >= 0.3 is 0 Å².